The quantitative estimate of drug-likeness (QED) is 0.391. The highest BCUT2D eigenvalue weighted by atomic mass is 35.5. The van der Waals surface area contributed by atoms with E-state index >= 15 is 0 Å². The van der Waals surface area contributed by atoms with Crippen molar-refractivity contribution in [1.29, 1.82) is 0 Å². The maximum Gasteiger partial charge on any atom is 0.197 e. The Hall–Kier alpha value is -1.83. The predicted octanol–water partition coefficient (Wildman–Crippen LogP) is 4.77. The molecule has 0 atom stereocenters. The highest BCUT2D eigenvalue weighted by Gasteiger charge is 2.29. The van der Waals surface area contributed by atoms with Crippen LogP contribution in [-0.2, 0) is 6.42 Å². The van der Waals surface area contributed by atoms with Crippen molar-refractivity contribution < 1.29 is 14.6 Å². The summed E-state index contributed by atoms with van der Waals surface area (Å²) in [6, 6.07) is 16.7. The lowest BCUT2D eigenvalue weighted by molar-refractivity contribution is 0.103. The van der Waals surface area contributed by atoms with Crippen molar-refractivity contribution in [3.63, 3.8) is 0 Å². The molecular formula is C23H25ClN2O3S. The minimum absolute atomic E-state index is 0.215. The molecule has 3 aromatic rings. The highest BCUT2D eigenvalue weighted by Crippen LogP contribution is 2.40. The first-order valence-corrected chi connectivity index (χ1v) is 11.3. The van der Waals surface area contributed by atoms with E-state index in [1.54, 1.807) is 18.0 Å². The first-order chi connectivity index (χ1) is 14.6. The molecule has 158 valence electrons. The molecule has 5 nitrogen and oxygen atoms in total. The average Bonchev–Trinajstić information content (AvgIpc) is 3.53. The van der Waals surface area contributed by atoms with Crippen molar-refractivity contribution in [2.24, 2.45) is 0 Å². The Morgan fingerprint density at radius 3 is 2.23 bits per heavy atom. The Bertz CT molecular complexity index is 943. The maximum absolute atomic E-state index is 9.46. The standard InChI is InChI=1S/C23H25ClN2O3S/c24-26-23(14-27,15-28)12-11-16-1-7-19(8-2-16)30-20-9-5-17(6-10-20)21-13-29-22(25-21)18-3-4-18/h1-2,5-10,13,18,26-28H,3-4,11-12,14-15H2. The van der Waals surface area contributed by atoms with Gasteiger partial charge < -0.3 is 14.6 Å². The number of hydrogen-bond donors (Lipinski definition) is 3. The van der Waals surface area contributed by atoms with Gasteiger partial charge in [0.25, 0.3) is 0 Å². The molecule has 1 heterocycles. The fourth-order valence-corrected chi connectivity index (χ4v) is 4.22. The third-order valence-electron chi connectivity index (χ3n) is 5.46. The zero-order valence-corrected chi connectivity index (χ0v) is 18.1. The van der Waals surface area contributed by atoms with Crippen molar-refractivity contribution in [3.05, 3.63) is 66.2 Å². The van der Waals surface area contributed by atoms with Gasteiger partial charge in [0.1, 0.15) is 12.0 Å². The van der Waals surface area contributed by atoms with Gasteiger partial charge in [-0.15, -0.1) is 0 Å². The molecule has 1 fully saturated rings. The number of benzene rings is 2. The minimum atomic E-state index is -0.861. The number of aryl methyl sites for hydroxylation is 1. The maximum atomic E-state index is 9.46. The molecule has 0 amide bonds. The Morgan fingerprint density at radius 2 is 1.67 bits per heavy atom. The number of rotatable bonds is 10. The second-order valence-electron chi connectivity index (χ2n) is 7.81. The Kier molecular flexibility index (Phi) is 6.80. The van der Waals surface area contributed by atoms with E-state index in [-0.39, 0.29) is 13.2 Å². The second-order valence-corrected chi connectivity index (χ2v) is 9.14. The fraction of sp³-hybridized carbons (Fsp3) is 0.348. The number of aliphatic hydroxyl groups excluding tert-OH is 2. The van der Waals surface area contributed by atoms with Gasteiger partial charge in [0, 0.05) is 21.3 Å². The molecule has 0 spiro atoms. The van der Waals surface area contributed by atoms with E-state index < -0.39 is 5.54 Å². The van der Waals surface area contributed by atoms with Crippen molar-refractivity contribution in [1.82, 2.24) is 9.82 Å². The van der Waals surface area contributed by atoms with Gasteiger partial charge >= 0.3 is 0 Å². The molecule has 1 aromatic heterocycles. The van der Waals surface area contributed by atoms with E-state index in [1.807, 2.05) is 0 Å². The fourth-order valence-electron chi connectivity index (χ4n) is 3.19. The molecule has 2 aromatic carbocycles. The van der Waals surface area contributed by atoms with Gasteiger partial charge in [-0.2, -0.15) is 0 Å². The van der Waals surface area contributed by atoms with Crippen molar-refractivity contribution in [2.45, 2.75) is 46.9 Å². The lowest BCUT2D eigenvalue weighted by Crippen LogP contribution is -2.47. The van der Waals surface area contributed by atoms with Gasteiger partial charge in [0.05, 0.1) is 18.8 Å². The number of hydrogen-bond acceptors (Lipinski definition) is 6. The third kappa shape index (κ3) is 5.07. The molecule has 1 aliphatic carbocycles. The number of aliphatic hydroxyl groups is 2. The van der Waals surface area contributed by atoms with Gasteiger partial charge in [-0.3, -0.25) is 0 Å². The summed E-state index contributed by atoms with van der Waals surface area (Å²) in [6.45, 7) is -0.430. The predicted molar refractivity (Wildman–Crippen MR) is 119 cm³/mol. The normalized spacial score (nSPS) is 14.2. The number of nitrogens with one attached hydrogen (secondary N) is 1. The highest BCUT2D eigenvalue weighted by molar-refractivity contribution is 7.99. The Labute approximate surface area is 185 Å². The molecule has 0 unspecified atom stereocenters. The van der Waals surface area contributed by atoms with E-state index in [0.717, 1.165) is 32.5 Å². The summed E-state index contributed by atoms with van der Waals surface area (Å²) in [5, 5.41) is 18.9. The van der Waals surface area contributed by atoms with Gasteiger partial charge in [0.15, 0.2) is 5.89 Å². The van der Waals surface area contributed by atoms with Crippen LogP contribution in [-0.4, -0.2) is 33.9 Å². The zero-order chi connectivity index (χ0) is 21.0. The molecule has 0 radical (unpaired) electrons. The largest absolute Gasteiger partial charge is 0.448 e. The van der Waals surface area contributed by atoms with Gasteiger partial charge in [0.2, 0.25) is 0 Å². The first-order valence-electron chi connectivity index (χ1n) is 10.1. The molecular weight excluding hydrogens is 420 g/mol. The Morgan fingerprint density at radius 1 is 1.03 bits per heavy atom. The topological polar surface area (TPSA) is 78.5 Å². The molecule has 7 heteroatoms. The summed E-state index contributed by atoms with van der Waals surface area (Å²) < 4.78 is 5.59. The van der Waals surface area contributed by atoms with Crippen LogP contribution in [0.25, 0.3) is 11.3 Å². The molecule has 4 rings (SSSR count). The van der Waals surface area contributed by atoms with Crippen molar-refractivity contribution in [3.8, 4) is 11.3 Å². The summed E-state index contributed by atoms with van der Waals surface area (Å²) in [5.41, 5.74) is 2.23. The van der Waals surface area contributed by atoms with Crippen LogP contribution < -0.4 is 4.84 Å². The van der Waals surface area contributed by atoms with Crippen LogP contribution in [0.5, 0.6) is 0 Å². The molecule has 0 aliphatic heterocycles. The second kappa shape index (κ2) is 9.54. The monoisotopic (exact) mass is 444 g/mol. The molecule has 1 saturated carbocycles. The Balaban J connectivity index is 1.34. The van der Waals surface area contributed by atoms with Crippen LogP contribution in [0.15, 0.2) is 69.0 Å². The molecule has 1 aliphatic rings. The van der Waals surface area contributed by atoms with E-state index in [9.17, 15) is 10.2 Å². The van der Waals surface area contributed by atoms with E-state index in [1.165, 1.54) is 12.8 Å². The third-order valence-corrected chi connectivity index (χ3v) is 6.87. The number of aromatic nitrogens is 1. The van der Waals surface area contributed by atoms with E-state index in [0.29, 0.717) is 18.8 Å². The zero-order valence-electron chi connectivity index (χ0n) is 16.6. The van der Waals surface area contributed by atoms with Crippen molar-refractivity contribution >= 4 is 23.5 Å². The molecule has 0 bridgehead atoms. The van der Waals surface area contributed by atoms with Gasteiger partial charge in [-0.25, -0.2) is 9.82 Å². The lowest BCUT2D eigenvalue weighted by Gasteiger charge is -2.27. The molecule has 0 saturated heterocycles. The summed E-state index contributed by atoms with van der Waals surface area (Å²) in [7, 11) is 0. The average molecular weight is 445 g/mol. The van der Waals surface area contributed by atoms with E-state index in [4.69, 9.17) is 16.2 Å². The first kappa shape index (κ1) is 21.4. The van der Waals surface area contributed by atoms with E-state index in [2.05, 4.69) is 58.4 Å². The summed E-state index contributed by atoms with van der Waals surface area (Å²) in [6.07, 6.45) is 5.36. The van der Waals surface area contributed by atoms with Crippen LogP contribution in [0, 0.1) is 0 Å². The summed E-state index contributed by atoms with van der Waals surface area (Å²) in [5.74, 6) is 1.38. The smallest absolute Gasteiger partial charge is 0.197 e. The summed E-state index contributed by atoms with van der Waals surface area (Å²) in [4.78, 5) is 9.42. The number of nitrogens with zero attached hydrogens (tertiary/aromatic N) is 1. The number of oxazole rings is 1. The SMILES string of the molecule is OCC(CO)(CCc1ccc(Sc2ccc(-c3coc(C4CC4)n3)cc2)cc1)NCl. The van der Waals surface area contributed by atoms with Crippen LogP contribution in [0.1, 0.15) is 36.6 Å². The van der Waals surface area contributed by atoms with Crippen molar-refractivity contribution in [2.75, 3.05) is 13.2 Å². The van der Waals surface area contributed by atoms with Crippen LogP contribution in [0.3, 0.4) is 0 Å². The van der Waals surface area contributed by atoms with Crippen LogP contribution in [0.2, 0.25) is 0 Å². The number of halogens is 1. The summed E-state index contributed by atoms with van der Waals surface area (Å²) >= 11 is 7.39. The van der Waals surface area contributed by atoms with Gasteiger partial charge in [-0.05, 0) is 67.3 Å². The molecule has 30 heavy (non-hydrogen) atoms. The molecule has 3 N–H and O–H groups in total. The minimum Gasteiger partial charge on any atom is -0.448 e. The lowest BCUT2D eigenvalue weighted by atomic mass is 9.94. The van der Waals surface area contributed by atoms with Gasteiger partial charge in [-0.1, -0.05) is 36.0 Å². The van der Waals surface area contributed by atoms with Crippen LogP contribution >= 0.6 is 23.5 Å². The van der Waals surface area contributed by atoms with Crippen LogP contribution in [0.4, 0.5) is 0 Å².